The molecule has 2 atom stereocenters. The molecule has 0 saturated carbocycles. The van der Waals surface area contributed by atoms with Gasteiger partial charge in [0.15, 0.2) is 0 Å². The highest BCUT2D eigenvalue weighted by molar-refractivity contribution is 6.35. The van der Waals surface area contributed by atoms with Crippen LogP contribution in [0, 0.1) is 0 Å². The third kappa shape index (κ3) is 7.22. The van der Waals surface area contributed by atoms with Crippen LogP contribution in [0.3, 0.4) is 0 Å². The molecule has 0 heterocycles. The number of carboxylic acid groups (broad SMARTS) is 1. The van der Waals surface area contributed by atoms with E-state index in [1.807, 2.05) is 6.07 Å². The van der Waals surface area contributed by atoms with Gasteiger partial charge in [0, 0.05) is 16.5 Å². The number of aliphatic carboxylic acids is 1. The predicted octanol–water partition coefficient (Wildman–Crippen LogP) is 2.39. The van der Waals surface area contributed by atoms with Crippen LogP contribution in [-0.4, -0.2) is 46.9 Å². The molecule has 0 aliphatic carbocycles. The van der Waals surface area contributed by atoms with Crippen molar-refractivity contribution >= 4 is 41.2 Å². The first kappa shape index (κ1) is 23.5. The lowest BCUT2D eigenvalue weighted by molar-refractivity contribution is -0.142. The molecule has 0 fully saturated rings. The number of carbonyl (C=O) groups is 3. The van der Waals surface area contributed by atoms with Gasteiger partial charge in [-0.05, 0) is 23.3 Å². The lowest BCUT2D eigenvalue weighted by atomic mass is 10.1. The van der Waals surface area contributed by atoms with E-state index in [0.29, 0.717) is 10.6 Å². The summed E-state index contributed by atoms with van der Waals surface area (Å²) >= 11 is 11.9. The minimum atomic E-state index is -1.39. The Kier molecular flexibility index (Phi) is 8.91. The van der Waals surface area contributed by atoms with E-state index in [1.165, 1.54) is 6.07 Å². The van der Waals surface area contributed by atoms with Gasteiger partial charge in [0.25, 0.3) is 0 Å². The number of hydrogen-bond donors (Lipinski definition) is 4. The molecular weight excluding hydrogens is 435 g/mol. The van der Waals surface area contributed by atoms with Crippen molar-refractivity contribution in [3.05, 3.63) is 69.7 Å². The maximum atomic E-state index is 12.4. The summed E-state index contributed by atoms with van der Waals surface area (Å²) in [5, 5.41) is 24.0. The van der Waals surface area contributed by atoms with E-state index >= 15 is 0 Å². The molecule has 2 aromatic carbocycles. The number of aliphatic hydroxyl groups is 1. The standard InChI is InChI=1S/C20H20Cl2N2O6/c21-14-7-6-13(15(22)9-14)8-16(19(27)28)23-18(26)17(10-25)24-20(29)30-11-12-4-2-1-3-5-12/h1-7,9,16-17,25H,8,10-11H2,(H,23,26)(H,24,29)(H,27,28)/t16-,17+/m1/s1. The van der Waals surface area contributed by atoms with E-state index in [-0.39, 0.29) is 18.1 Å². The van der Waals surface area contributed by atoms with Crippen LogP contribution >= 0.6 is 23.2 Å². The minimum Gasteiger partial charge on any atom is -0.480 e. The number of carbonyl (C=O) groups excluding carboxylic acids is 2. The van der Waals surface area contributed by atoms with Gasteiger partial charge in [-0.2, -0.15) is 0 Å². The Hall–Kier alpha value is -2.81. The summed E-state index contributed by atoms with van der Waals surface area (Å²) in [4.78, 5) is 35.8. The van der Waals surface area contributed by atoms with Crippen LogP contribution in [0.15, 0.2) is 48.5 Å². The van der Waals surface area contributed by atoms with Crippen LogP contribution < -0.4 is 10.6 Å². The maximum Gasteiger partial charge on any atom is 0.408 e. The van der Waals surface area contributed by atoms with Crippen LogP contribution in [0.1, 0.15) is 11.1 Å². The number of benzene rings is 2. The fraction of sp³-hybridized carbons (Fsp3) is 0.250. The SMILES string of the molecule is O=C(N[C@@H](CO)C(=O)N[C@H](Cc1ccc(Cl)cc1Cl)C(=O)O)OCc1ccccc1. The van der Waals surface area contributed by atoms with Crippen molar-refractivity contribution in [2.45, 2.75) is 25.1 Å². The van der Waals surface area contributed by atoms with Crippen molar-refractivity contribution in [1.82, 2.24) is 10.6 Å². The normalized spacial score (nSPS) is 12.5. The summed E-state index contributed by atoms with van der Waals surface area (Å²) in [6, 6.07) is 10.7. The van der Waals surface area contributed by atoms with E-state index in [4.69, 9.17) is 27.9 Å². The fourth-order valence-electron chi connectivity index (χ4n) is 2.48. The van der Waals surface area contributed by atoms with Gasteiger partial charge in [0.05, 0.1) is 6.61 Å². The number of amides is 2. The van der Waals surface area contributed by atoms with E-state index < -0.39 is 36.7 Å². The number of hydrogen-bond acceptors (Lipinski definition) is 5. The molecule has 10 heteroatoms. The highest BCUT2D eigenvalue weighted by Crippen LogP contribution is 2.22. The van der Waals surface area contributed by atoms with Crippen LogP contribution in [0.2, 0.25) is 10.0 Å². The molecule has 0 unspecified atom stereocenters. The average Bonchev–Trinajstić information content (AvgIpc) is 2.72. The zero-order valence-corrected chi connectivity index (χ0v) is 17.2. The van der Waals surface area contributed by atoms with Gasteiger partial charge in [-0.1, -0.05) is 59.6 Å². The summed E-state index contributed by atoms with van der Waals surface area (Å²) in [6.07, 6.45) is -1.05. The Labute approximate surface area is 182 Å². The van der Waals surface area contributed by atoms with E-state index in [1.54, 1.807) is 36.4 Å². The highest BCUT2D eigenvalue weighted by atomic mass is 35.5. The second-order valence-electron chi connectivity index (χ2n) is 6.28. The molecule has 0 saturated heterocycles. The molecular formula is C20H20Cl2N2O6. The molecule has 160 valence electrons. The van der Waals surface area contributed by atoms with Crippen molar-refractivity contribution in [2.24, 2.45) is 0 Å². The number of nitrogens with one attached hydrogen (secondary N) is 2. The lowest BCUT2D eigenvalue weighted by Crippen LogP contribution is -2.53. The van der Waals surface area contributed by atoms with Gasteiger partial charge < -0.3 is 25.6 Å². The van der Waals surface area contributed by atoms with E-state index in [2.05, 4.69) is 10.6 Å². The first-order valence-electron chi connectivity index (χ1n) is 8.85. The number of aliphatic hydroxyl groups excluding tert-OH is 1. The molecule has 2 rings (SSSR count). The first-order chi connectivity index (χ1) is 14.3. The number of alkyl carbamates (subject to hydrolysis) is 1. The third-order valence-corrected chi connectivity index (χ3v) is 4.64. The largest absolute Gasteiger partial charge is 0.480 e. The van der Waals surface area contributed by atoms with Gasteiger partial charge in [0.2, 0.25) is 5.91 Å². The molecule has 0 aliphatic rings. The van der Waals surface area contributed by atoms with Crippen molar-refractivity contribution in [3.8, 4) is 0 Å². The summed E-state index contributed by atoms with van der Waals surface area (Å²) in [5.74, 6) is -2.19. The summed E-state index contributed by atoms with van der Waals surface area (Å²) < 4.78 is 5.00. The molecule has 0 bridgehead atoms. The van der Waals surface area contributed by atoms with E-state index in [0.717, 1.165) is 5.56 Å². The first-order valence-corrected chi connectivity index (χ1v) is 9.61. The Bertz CT molecular complexity index is 894. The van der Waals surface area contributed by atoms with Gasteiger partial charge in [-0.3, -0.25) is 4.79 Å². The van der Waals surface area contributed by atoms with Gasteiger partial charge in [-0.15, -0.1) is 0 Å². The Balaban J connectivity index is 1.95. The van der Waals surface area contributed by atoms with Crippen LogP contribution in [0.4, 0.5) is 4.79 Å². The topological polar surface area (TPSA) is 125 Å². The highest BCUT2D eigenvalue weighted by Gasteiger charge is 2.27. The summed E-state index contributed by atoms with van der Waals surface area (Å²) in [5.41, 5.74) is 1.20. The molecule has 2 amide bonds. The molecule has 0 radical (unpaired) electrons. The lowest BCUT2D eigenvalue weighted by Gasteiger charge is -2.20. The average molecular weight is 455 g/mol. The van der Waals surface area contributed by atoms with Crippen LogP contribution in [-0.2, 0) is 27.4 Å². The summed E-state index contributed by atoms with van der Waals surface area (Å²) in [6.45, 7) is -0.778. The van der Waals surface area contributed by atoms with Gasteiger partial charge >= 0.3 is 12.1 Å². The zero-order valence-electron chi connectivity index (χ0n) is 15.7. The minimum absolute atomic E-state index is 0.0285. The van der Waals surface area contributed by atoms with Crippen LogP contribution in [0.5, 0.6) is 0 Å². The monoisotopic (exact) mass is 454 g/mol. The molecule has 30 heavy (non-hydrogen) atoms. The van der Waals surface area contributed by atoms with Crippen molar-refractivity contribution < 1.29 is 29.3 Å². The quantitative estimate of drug-likeness (QED) is 0.460. The van der Waals surface area contributed by atoms with Crippen LogP contribution in [0.25, 0.3) is 0 Å². The Morgan fingerprint density at radius 3 is 2.30 bits per heavy atom. The molecule has 8 nitrogen and oxygen atoms in total. The molecule has 2 aromatic rings. The van der Waals surface area contributed by atoms with Gasteiger partial charge in [-0.25, -0.2) is 9.59 Å². The zero-order chi connectivity index (χ0) is 22.1. The predicted molar refractivity (Wildman–Crippen MR) is 110 cm³/mol. The van der Waals surface area contributed by atoms with Crippen molar-refractivity contribution in [3.63, 3.8) is 0 Å². The number of carboxylic acids is 1. The third-order valence-electron chi connectivity index (χ3n) is 4.06. The second kappa shape index (κ2) is 11.4. The fourth-order valence-corrected chi connectivity index (χ4v) is 2.97. The van der Waals surface area contributed by atoms with E-state index in [9.17, 15) is 24.6 Å². The number of halogens is 2. The Morgan fingerprint density at radius 2 is 1.70 bits per heavy atom. The van der Waals surface area contributed by atoms with Crippen molar-refractivity contribution in [1.29, 1.82) is 0 Å². The number of rotatable bonds is 9. The number of ether oxygens (including phenoxy) is 1. The molecule has 0 aliphatic heterocycles. The smallest absolute Gasteiger partial charge is 0.408 e. The molecule has 0 aromatic heterocycles. The second-order valence-corrected chi connectivity index (χ2v) is 7.12. The Morgan fingerprint density at radius 1 is 1.00 bits per heavy atom. The van der Waals surface area contributed by atoms with Gasteiger partial charge in [0.1, 0.15) is 18.7 Å². The maximum absolute atomic E-state index is 12.4. The molecule has 4 N–H and O–H groups in total. The molecule has 0 spiro atoms. The van der Waals surface area contributed by atoms with Crippen molar-refractivity contribution in [2.75, 3.05) is 6.61 Å². The summed E-state index contributed by atoms with van der Waals surface area (Å²) in [7, 11) is 0.